The Bertz CT molecular complexity index is 890. The summed E-state index contributed by atoms with van der Waals surface area (Å²) in [6.45, 7) is -0.0143. The number of ether oxygens (including phenoxy) is 1. The Balaban J connectivity index is 2.03. The van der Waals surface area contributed by atoms with Crippen LogP contribution in [0.3, 0.4) is 0 Å². The molecule has 4 N–H and O–H groups in total. The summed E-state index contributed by atoms with van der Waals surface area (Å²) in [7, 11) is 1.18. The first-order chi connectivity index (χ1) is 13.8. The number of halogens is 2. The molecule has 0 aliphatic rings. The number of furan rings is 1. The van der Waals surface area contributed by atoms with E-state index in [0.29, 0.717) is 11.3 Å². The summed E-state index contributed by atoms with van der Waals surface area (Å²) >= 11 is 12.4. The third-order valence-corrected chi connectivity index (χ3v) is 4.36. The first-order valence-corrected chi connectivity index (χ1v) is 9.17. The Kier molecular flexibility index (Phi) is 8.26. The Morgan fingerprint density at radius 1 is 1.28 bits per heavy atom. The van der Waals surface area contributed by atoms with E-state index in [1.54, 1.807) is 12.1 Å². The maximum atomic E-state index is 12.4. The lowest BCUT2D eigenvalue weighted by molar-refractivity contribution is -0.142. The van der Waals surface area contributed by atoms with Gasteiger partial charge in [0.2, 0.25) is 5.91 Å². The van der Waals surface area contributed by atoms with Crippen LogP contribution in [0.4, 0.5) is 0 Å². The minimum atomic E-state index is -1.03. The van der Waals surface area contributed by atoms with Crippen molar-refractivity contribution in [3.05, 3.63) is 63.5 Å². The fourth-order valence-electron chi connectivity index (χ4n) is 2.32. The van der Waals surface area contributed by atoms with E-state index in [1.807, 2.05) is 0 Å². The third kappa shape index (κ3) is 6.35. The molecule has 0 aliphatic carbocycles. The quantitative estimate of drug-likeness (QED) is 0.427. The van der Waals surface area contributed by atoms with E-state index < -0.39 is 17.9 Å². The van der Waals surface area contributed by atoms with Gasteiger partial charge < -0.3 is 25.5 Å². The van der Waals surface area contributed by atoms with Gasteiger partial charge in [-0.3, -0.25) is 9.59 Å². The van der Waals surface area contributed by atoms with Crippen molar-refractivity contribution in [1.29, 1.82) is 0 Å². The first-order valence-electron chi connectivity index (χ1n) is 8.41. The van der Waals surface area contributed by atoms with Crippen molar-refractivity contribution >= 4 is 47.1 Å². The van der Waals surface area contributed by atoms with Gasteiger partial charge in [-0.25, -0.2) is 4.79 Å². The lowest BCUT2D eigenvalue weighted by Crippen LogP contribution is -2.46. The number of methoxy groups -OCH3 is 1. The fraction of sp³-hybridized carbons (Fsp3) is 0.211. The largest absolute Gasteiger partial charge is 0.467 e. The van der Waals surface area contributed by atoms with Crippen LogP contribution in [0, 0.1) is 0 Å². The lowest BCUT2D eigenvalue weighted by Gasteiger charge is -2.16. The van der Waals surface area contributed by atoms with Crippen molar-refractivity contribution in [3.63, 3.8) is 0 Å². The number of benzene rings is 1. The van der Waals surface area contributed by atoms with Crippen molar-refractivity contribution in [2.75, 3.05) is 13.7 Å². The van der Waals surface area contributed by atoms with Crippen LogP contribution in [0.25, 0.3) is 6.08 Å². The number of nitrogens with one attached hydrogen (secondary N) is 2. The molecular formula is C19H19Cl2N3O5. The zero-order valence-electron chi connectivity index (χ0n) is 15.4. The second-order valence-electron chi connectivity index (χ2n) is 5.79. The minimum Gasteiger partial charge on any atom is -0.467 e. The number of hydrogen-bond acceptors (Lipinski definition) is 6. The van der Waals surface area contributed by atoms with E-state index in [4.69, 9.17) is 33.4 Å². The smallest absolute Gasteiger partial charge is 0.329 e. The van der Waals surface area contributed by atoms with Gasteiger partial charge in [-0.2, -0.15) is 0 Å². The van der Waals surface area contributed by atoms with Crippen LogP contribution in [0.15, 0.2) is 41.0 Å². The zero-order chi connectivity index (χ0) is 21.4. The summed E-state index contributed by atoms with van der Waals surface area (Å²) in [6, 6.07) is 5.38. The van der Waals surface area contributed by atoms with Crippen LogP contribution in [0.5, 0.6) is 0 Å². The minimum absolute atomic E-state index is 0.0107. The maximum absolute atomic E-state index is 12.4. The number of carbonyl (C=O) groups excluding carboxylic acids is 3. The average molecular weight is 440 g/mol. The summed E-state index contributed by atoms with van der Waals surface area (Å²) in [5.41, 5.74) is 6.04. The van der Waals surface area contributed by atoms with E-state index in [2.05, 4.69) is 15.4 Å². The molecule has 1 aromatic heterocycles. The van der Waals surface area contributed by atoms with Crippen molar-refractivity contribution in [2.45, 2.75) is 12.6 Å². The summed E-state index contributed by atoms with van der Waals surface area (Å²) in [5.74, 6) is -1.16. The van der Waals surface area contributed by atoms with Crippen molar-refractivity contribution < 1.29 is 23.5 Å². The van der Waals surface area contributed by atoms with Crippen LogP contribution in [0.2, 0.25) is 10.0 Å². The van der Waals surface area contributed by atoms with Crippen molar-refractivity contribution in [3.8, 4) is 0 Å². The molecule has 1 atom stereocenters. The lowest BCUT2D eigenvalue weighted by atomic mass is 10.1. The second kappa shape index (κ2) is 10.7. The van der Waals surface area contributed by atoms with Gasteiger partial charge in [-0.15, -0.1) is 0 Å². The second-order valence-corrected chi connectivity index (χ2v) is 6.60. The van der Waals surface area contributed by atoms with Gasteiger partial charge in [0.1, 0.15) is 11.8 Å². The summed E-state index contributed by atoms with van der Waals surface area (Å²) < 4.78 is 9.66. The molecule has 154 valence electrons. The third-order valence-electron chi connectivity index (χ3n) is 3.76. The van der Waals surface area contributed by atoms with Gasteiger partial charge in [0.25, 0.3) is 5.91 Å². The molecule has 0 saturated carbocycles. The van der Waals surface area contributed by atoms with E-state index in [-0.39, 0.29) is 34.6 Å². The van der Waals surface area contributed by atoms with E-state index in [1.165, 1.54) is 37.7 Å². The molecular weight excluding hydrogens is 421 g/mol. The molecule has 0 spiro atoms. The Morgan fingerprint density at radius 2 is 1.97 bits per heavy atom. The van der Waals surface area contributed by atoms with Gasteiger partial charge in [-0.1, -0.05) is 23.2 Å². The van der Waals surface area contributed by atoms with Crippen molar-refractivity contribution in [1.82, 2.24) is 10.6 Å². The number of amides is 2. The zero-order valence-corrected chi connectivity index (χ0v) is 16.9. The number of hydrogen-bond donors (Lipinski definition) is 3. The van der Waals surface area contributed by atoms with Gasteiger partial charge in [0, 0.05) is 19.2 Å². The van der Waals surface area contributed by atoms with E-state index in [9.17, 15) is 14.4 Å². The highest BCUT2D eigenvalue weighted by atomic mass is 35.5. The Hall–Kier alpha value is -2.81. The highest BCUT2D eigenvalue weighted by Gasteiger charge is 2.23. The summed E-state index contributed by atoms with van der Waals surface area (Å²) in [4.78, 5) is 35.9. The van der Waals surface area contributed by atoms with Crippen LogP contribution in [-0.2, 0) is 20.9 Å². The molecule has 10 heteroatoms. The SMILES string of the molecule is COC(=O)[C@H](CN)NC(=O)c1c(Cl)cc(CNC(=O)C=Cc2ccco2)cc1Cl. The highest BCUT2D eigenvalue weighted by molar-refractivity contribution is 6.39. The van der Waals surface area contributed by atoms with Crippen LogP contribution in [0.1, 0.15) is 21.7 Å². The molecule has 1 heterocycles. The molecule has 0 unspecified atom stereocenters. The molecule has 0 bridgehead atoms. The van der Waals surface area contributed by atoms with Gasteiger partial charge in [0.15, 0.2) is 0 Å². The van der Waals surface area contributed by atoms with Crippen LogP contribution < -0.4 is 16.4 Å². The Morgan fingerprint density at radius 3 is 2.52 bits per heavy atom. The van der Waals surface area contributed by atoms with Gasteiger partial charge in [-0.05, 0) is 35.9 Å². The number of esters is 1. The molecule has 1 aromatic carbocycles. The first kappa shape index (κ1) is 22.5. The number of rotatable bonds is 8. The standard InChI is InChI=1S/C19H19Cl2N3O5/c1-28-19(27)15(9-22)24-18(26)17-13(20)7-11(8-14(17)21)10-23-16(25)5-4-12-3-2-6-29-12/h2-8,15H,9-10,22H2,1H3,(H,23,25)(H,24,26)/t15-/m0/s1. The fourth-order valence-corrected chi connectivity index (χ4v) is 3.03. The molecule has 8 nitrogen and oxygen atoms in total. The molecule has 0 aliphatic heterocycles. The number of carbonyl (C=O) groups is 3. The maximum Gasteiger partial charge on any atom is 0.329 e. The normalized spacial score (nSPS) is 11.9. The molecule has 2 rings (SSSR count). The molecule has 2 aromatic rings. The average Bonchev–Trinajstić information content (AvgIpc) is 3.21. The predicted molar refractivity (Wildman–Crippen MR) is 108 cm³/mol. The molecule has 0 radical (unpaired) electrons. The van der Waals surface area contributed by atoms with E-state index >= 15 is 0 Å². The molecule has 0 fully saturated rings. The van der Waals surface area contributed by atoms with Crippen LogP contribution in [-0.4, -0.2) is 37.5 Å². The monoisotopic (exact) mass is 439 g/mol. The summed E-state index contributed by atoms with van der Waals surface area (Å²) in [5, 5.41) is 5.21. The number of nitrogens with two attached hydrogens (primary N) is 1. The molecule has 29 heavy (non-hydrogen) atoms. The Labute approximate surface area is 177 Å². The van der Waals surface area contributed by atoms with Crippen molar-refractivity contribution in [2.24, 2.45) is 5.73 Å². The molecule has 2 amide bonds. The van der Waals surface area contributed by atoms with E-state index in [0.717, 1.165) is 0 Å². The highest BCUT2D eigenvalue weighted by Crippen LogP contribution is 2.27. The van der Waals surface area contributed by atoms with Gasteiger partial charge >= 0.3 is 5.97 Å². The summed E-state index contributed by atoms with van der Waals surface area (Å²) in [6.07, 6.45) is 4.35. The van der Waals surface area contributed by atoms with Gasteiger partial charge in [0.05, 0.1) is 29.0 Å². The topological polar surface area (TPSA) is 124 Å². The molecule has 0 saturated heterocycles. The predicted octanol–water partition coefficient (Wildman–Crippen LogP) is 2.15. The van der Waals surface area contributed by atoms with Crippen LogP contribution >= 0.6 is 23.2 Å².